The predicted octanol–water partition coefficient (Wildman–Crippen LogP) is 6.51. The highest BCUT2D eigenvalue weighted by molar-refractivity contribution is 7.92. The molecule has 2 amide bonds. The van der Waals surface area contributed by atoms with Crippen LogP contribution in [0.25, 0.3) is 0 Å². The second-order valence-corrected chi connectivity index (χ2v) is 13.8. The van der Waals surface area contributed by atoms with Gasteiger partial charge < -0.3 is 15.0 Å². The van der Waals surface area contributed by atoms with E-state index >= 15 is 4.39 Å². The van der Waals surface area contributed by atoms with E-state index in [0.29, 0.717) is 12.4 Å². The fourth-order valence-electron chi connectivity index (χ4n) is 6.03. The van der Waals surface area contributed by atoms with Crippen molar-refractivity contribution in [3.8, 4) is 5.75 Å². The number of ether oxygens (including phenoxy) is 1. The zero-order chi connectivity index (χ0) is 33.9. The first-order valence-electron chi connectivity index (χ1n) is 16.4. The van der Waals surface area contributed by atoms with Crippen LogP contribution >= 0.6 is 0 Å². The molecule has 0 bridgehead atoms. The van der Waals surface area contributed by atoms with E-state index in [4.69, 9.17) is 4.74 Å². The van der Waals surface area contributed by atoms with Gasteiger partial charge in [-0.15, -0.1) is 0 Å². The van der Waals surface area contributed by atoms with Crippen LogP contribution in [-0.2, 0) is 32.6 Å². The van der Waals surface area contributed by atoms with Crippen molar-refractivity contribution in [3.05, 3.63) is 126 Å². The van der Waals surface area contributed by atoms with Gasteiger partial charge in [0.1, 0.15) is 24.2 Å². The van der Waals surface area contributed by atoms with E-state index in [1.165, 1.54) is 23.1 Å². The molecule has 4 aromatic carbocycles. The van der Waals surface area contributed by atoms with Gasteiger partial charge in [-0.1, -0.05) is 86.0 Å². The van der Waals surface area contributed by atoms with Crippen molar-refractivity contribution < 1.29 is 27.1 Å². The number of hydrogen-bond donors (Lipinski definition) is 1. The Kier molecular flexibility index (Phi) is 11.8. The van der Waals surface area contributed by atoms with Crippen LogP contribution in [0.1, 0.15) is 50.2 Å². The van der Waals surface area contributed by atoms with Crippen molar-refractivity contribution in [2.24, 2.45) is 0 Å². The summed E-state index contributed by atoms with van der Waals surface area (Å²) in [5.74, 6) is -0.977. The summed E-state index contributed by atoms with van der Waals surface area (Å²) in [6, 6.07) is 28.7. The normalized spacial score (nSPS) is 14.1. The SMILES string of the molecule is CCOc1ccc(N(CC(=O)N(Cc2ccccc2F)C(Cc2ccccc2)C(=O)NC2CCCCC2)S(=O)(=O)c2ccccc2)cc1. The minimum Gasteiger partial charge on any atom is -0.494 e. The molecule has 1 fully saturated rings. The molecule has 0 heterocycles. The fourth-order valence-corrected chi connectivity index (χ4v) is 7.47. The number of hydrogen-bond acceptors (Lipinski definition) is 5. The molecule has 1 aliphatic rings. The summed E-state index contributed by atoms with van der Waals surface area (Å²) < 4.78 is 50.1. The van der Waals surface area contributed by atoms with E-state index in [1.807, 2.05) is 37.3 Å². The summed E-state index contributed by atoms with van der Waals surface area (Å²) in [5.41, 5.74) is 1.27. The number of anilines is 1. The van der Waals surface area contributed by atoms with Crippen molar-refractivity contribution in [2.45, 2.75) is 69.0 Å². The largest absolute Gasteiger partial charge is 0.494 e. The lowest BCUT2D eigenvalue weighted by Crippen LogP contribution is -2.55. The molecule has 0 aliphatic heterocycles. The molecule has 5 rings (SSSR count). The van der Waals surface area contributed by atoms with Gasteiger partial charge in [-0.25, -0.2) is 12.8 Å². The first kappa shape index (κ1) is 34.6. The maximum absolute atomic E-state index is 15.2. The van der Waals surface area contributed by atoms with Gasteiger partial charge in [0, 0.05) is 24.6 Å². The van der Waals surface area contributed by atoms with Gasteiger partial charge in [-0.05, 0) is 67.8 Å². The Morgan fingerprint density at radius 3 is 2.12 bits per heavy atom. The van der Waals surface area contributed by atoms with Gasteiger partial charge in [-0.2, -0.15) is 0 Å². The molecule has 1 N–H and O–H groups in total. The van der Waals surface area contributed by atoms with Crippen molar-refractivity contribution in [1.29, 1.82) is 0 Å². The predicted molar refractivity (Wildman–Crippen MR) is 184 cm³/mol. The first-order chi connectivity index (χ1) is 23.3. The molecule has 1 unspecified atom stereocenters. The standard InChI is InChI=1S/C38H42FN3O5S/c1-2-47-33-24-22-32(23-25-33)42(48(45,46)34-19-10-5-11-20-34)28-37(43)41(27-30-16-12-13-21-35(30)39)36(26-29-14-6-3-7-15-29)38(44)40-31-17-8-4-9-18-31/h3,5-7,10-16,19-25,31,36H,2,4,8-9,17-18,26-28H2,1H3,(H,40,44). The minimum atomic E-state index is -4.25. The van der Waals surface area contributed by atoms with Crippen molar-refractivity contribution in [2.75, 3.05) is 17.5 Å². The molecule has 10 heteroatoms. The lowest BCUT2D eigenvalue weighted by atomic mass is 9.94. The Morgan fingerprint density at radius 2 is 1.48 bits per heavy atom. The van der Waals surface area contributed by atoms with Crippen LogP contribution in [-0.4, -0.2) is 50.4 Å². The number of amides is 2. The summed E-state index contributed by atoms with van der Waals surface area (Å²) in [5, 5.41) is 3.16. The van der Waals surface area contributed by atoms with Gasteiger partial charge in [-0.3, -0.25) is 13.9 Å². The Bertz CT molecular complexity index is 1750. The Hall–Kier alpha value is -4.70. The highest BCUT2D eigenvalue weighted by Crippen LogP contribution is 2.27. The second-order valence-electron chi connectivity index (χ2n) is 11.9. The minimum absolute atomic E-state index is 0.00298. The van der Waals surface area contributed by atoms with Crippen LogP contribution in [0.2, 0.25) is 0 Å². The zero-order valence-electron chi connectivity index (χ0n) is 27.1. The lowest BCUT2D eigenvalue weighted by Gasteiger charge is -2.35. The molecule has 0 radical (unpaired) electrons. The fraction of sp³-hybridized carbons (Fsp3) is 0.316. The third-order valence-corrected chi connectivity index (χ3v) is 10.4. The van der Waals surface area contributed by atoms with Gasteiger partial charge in [0.25, 0.3) is 10.0 Å². The van der Waals surface area contributed by atoms with Crippen LogP contribution in [0, 0.1) is 5.82 Å². The van der Waals surface area contributed by atoms with E-state index in [-0.39, 0.29) is 41.1 Å². The van der Waals surface area contributed by atoms with Crippen LogP contribution in [0.3, 0.4) is 0 Å². The molecule has 4 aromatic rings. The van der Waals surface area contributed by atoms with E-state index in [2.05, 4.69) is 5.32 Å². The number of carbonyl (C=O) groups excluding carboxylic acids is 2. The summed E-state index contributed by atoms with van der Waals surface area (Å²) in [6.07, 6.45) is 4.95. The molecular formula is C38H42FN3O5S. The number of sulfonamides is 1. The van der Waals surface area contributed by atoms with Crippen LogP contribution < -0.4 is 14.4 Å². The number of benzene rings is 4. The molecule has 252 valence electrons. The van der Waals surface area contributed by atoms with Crippen LogP contribution in [0.5, 0.6) is 5.75 Å². The highest BCUT2D eigenvalue weighted by atomic mass is 32.2. The molecule has 0 aromatic heterocycles. The number of carbonyl (C=O) groups is 2. The highest BCUT2D eigenvalue weighted by Gasteiger charge is 2.35. The number of halogens is 1. The Morgan fingerprint density at radius 1 is 0.854 bits per heavy atom. The second kappa shape index (κ2) is 16.4. The van der Waals surface area contributed by atoms with E-state index in [1.54, 1.807) is 60.7 Å². The molecule has 0 spiro atoms. The molecular weight excluding hydrogens is 629 g/mol. The molecule has 0 saturated heterocycles. The number of nitrogens with one attached hydrogen (secondary N) is 1. The van der Waals surface area contributed by atoms with E-state index in [9.17, 15) is 18.0 Å². The maximum atomic E-state index is 15.2. The topological polar surface area (TPSA) is 96.0 Å². The Labute approximate surface area is 282 Å². The number of nitrogens with zero attached hydrogens (tertiary/aromatic N) is 2. The third-order valence-electron chi connectivity index (χ3n) is 8.57. The molecule has 1 aliphatic carbocycles. The summed E-state index contributed by atoms with van der Waals surface area (Å²) in [4.78, 5) is 30.1. The van der Waals surface area contributed by atoms with Gasteiger partial charge in [0.15, 0.2) is 0 Å². The summed E-state index contributed by atoms with van der Waals surface area (Å²) >= 11 is 0. The van der Waals surface area contributed by atoms with Gasteiger partial charge in [0.2, 0.25) is 11.8 Å². The van der Waals surface area contributed by atoms with Gasteiger partial charge in [0.05, 0.1) is 17.2 Å². The lowest BCUT2D eigenvalue weighted by molar-refractivity contribution is -0.140. The summed E-state index contributed by atoms with van der Waals surface area (Å²) in [7, 11) is -4.25. The molecule has 1 atom stereocenters. The van der Waals surface area contributed by atoms with E-state index < -0.39 is 34.3 Å². The van der Waals surface area contributed by atoms with Crippen LogP contribution in [0.4, 0.5) is 10.1 Å². The molecule has 8 nitrogen and oxygen atoms in total. The number of rotatable bonds is 14. The molecule has 1 saturated carbocycles. The zero-order valence-corrected chi connectivity index (χ0v) is 27.9. The van der Waals surface area contributed by atoms with Crippen molar-refractivity contribution >= 4 is 27.5 Å². The quantitative estimate of drug-likeness (QED) is 0.165. The van der Waals surface area contributed by atoms with Crippen LogP contribution in [0.15, 0.2) is 114 Å². The van der Waals surface area contributed by atoms with Crippen molar-refractivity contribution in [1.82, 2.24) is 10.2 Å². The average Bonchev–Trinajstić information content (AvgIpc) is 3.11. The smallest absolute Gasteiger partial charge is 0.264 e. The van der Waals surface area contributed by atoms with E-state index in [0.717, 1.165) is 42.0 Å². The molecule has 48 heavy (non-hydrogen) atoms. The third kappa shape index (κ3) is 8.80. The Balaban J connectivity index is 1.56. The first-order valence-corrected chi connectivity index (χ1v) is 17.9. The van der Waals surface area contributed by atoms with Crippen molar-refractivity contribution in [3.63, 3.8) is 0 Å². The average molecular weight is 672 g/mol. The maximum Gasteiger partial charge on any atom is 0.264 e. The van der Waals surface area contributed by atoms with Gasteiger partial charge >= 0.3 is 0 Å². The summed E-state index contributed by atoms with van der Waals surface area (Å²) in [6.45, 7) is 1.42. The monoisotopic (exact) mass is 671 g/mol.